The van der Waals surface area contributed by atoms with E-state index < -0.39 is 0 Å². The number of amides is 2. The summed E-state index contributed by atoms with van der Waals surface area (Å²) in [5.41, 5.74) is 0.996. The van der Waals surface area contributed by atoms with Crippen LogP contribution in [0.4, 0.5) is 5.82 Å². The molecule has 2 amide bonds. The number of nitrogens with zero attached hydrogens (tertiary/aromatic N) is 2. The fourth-order valence-electron chi connectivity index (χ4n) is 2.21. The first kappa shape index (κ1) is 15.5. The van der Waals surface area contributed by atoms with Gasteiger partial charge in [-0.25, -0.2) is 4.98 Å². The zero-order chi connectivity index (χ0) is 16.2. The fourth-order valence-corrected chi connectivity index (χ4v) is 2.51. The molecule has 7 heteroatoms. The molecule has 23 heavy (non-hydrogen) atoms. The third-order valence-electron chi connectivity index (χ3n) is 3.35. The number of aromatic nitrogens is 1. The van der Waals surface area contributed by atoms with Crippen LogP contribution in [0.5, 0.6) is 5.75 Å². The Morgan fingerprint density at radius 3 is 2.83 bits per heavy atom. The number of rotatable bonds is 4. The number of pyridine rings is 1. The molecule has 0 unspecified atom stereocenters. The van der Waals surface area contributed by atoms with E-state index in [9.17, 15) is 9.59 Å². The van der Waals surface area contributed by atoms with E-state index >= 15 is 0 Å². The van der Waals surface area contributed by atoms with Gasteiger partial charge in [0.2, 0.25) is 5.91 Å². The largest absolute Gasteiger partial charge is 0.480 e. The maximum atomic E-state index is 12.1. The average Bonchev–Trinajstić information content (AvgIpc) is 2.57. The van der Waals surface area contributed by atoms with Crippen molar-refractivity contribution < 1.29 is 14.3 Å². The highest BCUT2D eigenvalue weighted by Gasteiger charge is 2.28. The molecule has 2 heterocycles. The van der Waals surface area contributed by atoms with Crippen molar-refractivity contribution in [2.75, 3.05) is 18.1 Å². The minimum absolute atomic E-state index is 0.0918. The highest BCUT2D eigenvalue weighted by Crippen LogP contribution is 2.31. The van der Waals surface area contributed by atoms with E-state index in [0.717, 1.165) is 5.56 Å². The van der Waals surface area contributed by atoms with Crippen molar-refractivity contribution in [1.29, 1.82) is 0 Å². The Bertz CT molecular complexity index is 737. The number of carbonyl (C=O) groups is 2. The number of nitrogens with one attached hydrogen (secondary N) is 1. The summed E-state index contributed by atoms with van der Waals surface area (Å²) in [6, 6.07) is 13.0. The first-order valence-corrected chi connectivity index (χ1v) is 7.83. The zero-order valence-corrected chi connectivity index (χ0v) is 13.7. The SMILES string of the molecule is O=C(CN1C(=O)COc2ccc(Br)nc21)NCc1ccccc1. The fraction of sp³-hybridized carbons (Fsp3) is 0.188. The van der Waals surface area contributed by atoms with Crippen LogP contribution >= 0.6 is 15.9 Å². The first-order chi connectivity index (χ1) is 11.1. The Kier molecular flexibility index (Phi) is 4.57. The second-order valence-electron chi connectivity index (χ2n) is 4.99. The highest BCUT2D eigenvalue weighted by atomic mass is 79.9. The van der Waals surface area contributed by atoms with Crippen LogP contribution < -0.4 is 15.0 Å². The summed E-state index contributed by atoms with van der Waals surface area (Å²) in [6.45, 7) is 0.227. The van der Waals surface area contributed by atoms with Gasteiger partial charge in [0, 0.05) is 6.54 Å². The summed E-state index contributed by atoms with van der Waals surface area (Å²) in [7, 11) is 0. The maximum absolute atomic E-state index is 12.1. The third-order valence-corrected chi connectivity index (χ3v) is 3.79. The number of hydrogen-bond donors (Lipinski definition) is 1. The van der Waals surface area contributed by atoms with E-state index in [0.29, 0.717) is 22.7 Å². The molecule has 1 aliphatic rings. The second kappa shape index (κ2) is 6.78. The van der Waals surface area contributed by atoms with Gasteiger partial charge in [-0.05, 0) is 33.6 Å². The number of ether oxygens (including phenoxy) is 1. The van der Waals surface area contributed by atoms with Crippen molar-refractivity contribution in [3.63, 3.8) is 0 Å². The molecule has 0 bridgehead atoms. The van der Waals surface area contributed by atoms with E-state index in [-0.39, 0.29) is 25.0 Å². The first-order valence-electron chi connectivity index (χ1n) is 7.04. The second-order valence-corrected chi connectivity index (χ2v) is 5.80. The number of hydrogen-bond acceptors (Lipinski definition) is 4. The predicted molar refractivity (Wildman–Crippen MR) is 88.1 cm³/mol. The normalized spacial score (nSPS) is 13.3. The predicted octanol–water partition coefficient (Wildman–Crippen LogP) is 1.89. The zero-order valence-electron chi connectivity index (χ0n) is 12.2. The lowest BCUT2D eigenvalue weighted by Crippen LogP contribution is -2.45. The van der Waals surface area contributed by atoms with Crippen LogP contribution in [-0.2, 0) is 16.1 Å². The van der Waals surface area contributed by atoms with Crippen LogP contribution in [-0.4, -0.2) is 29.9 Å². The Balaban J connectivity index is 1.68. The lowest BCUT2D eigenvalue weighted by atomic mass is 10.2. The topological polar surface area (TPSA) is 71.5 Å². The molecule has 1 aliphatic heterocycles. The van der Waals surface area contributed by atoms with Gasteiger partial charge in [0.25, 0.3) is 5.91 Å². The van der Waals surface area contributed by atoms with Gasteiger partial charge in [-0.2, -0.15) is 0 Å². The smallest absolute Gasteiger partial charge is 0.266 e. The number of anilines is 1. The van der Waals surface area contributed by atoms with E-state index in [1.807, 2.05) is 30.3 Å². The quantitative estimate of drug-likeness (QED) is 0.828. The number of fused-ring (bicyclic) bond motifs is 1. The Morgan fingerprint density at radius 1 is 1.26 bits per heavy atom. The molecule has 1 N–H and O–H groups in total. The van der Waals surface area contributed by atoms with E-state index in [1.54, 1.807) is 12.1 Å². The van der Waals surface area contributed by atoms with Gasteiger partial charge in [0.15, 0.2) is 18.2 Å². The number of halogens is 1. The van der Waals surface area contributed by atoms with E-state index in [4.69, 9.17) is 4.74 Å². The van der Waals surface area contributed by atoms with Crippen molar-refractivity contribution in [2.24, 2.45) is 0 Å². The van der Waals surface area contributed by atoms with Crippen LogP contribution in [0, 0.1) is 0 Å². The lowest BCUT2D eigenvalue weighted by Gasteiger charge is -2.27. The van der Waals surface area contributed by atoms with Crippen molar-refractivity contribution in [2.45, 2.75) is 6.54 Å². The molecule has 0 saturated carbocycles. The summed E-state index contributed by atoms with van der Waals surface area (Å²) in [6.07, 6.45) is 0. The highest BCUT2D eigenvalue weighted by molar-refractivity contribution is 9.10. The van der Waals surface area contributed by atoms with Gasteiger partial charge >= 0.3 is 0 Å². The Labute approximate surface area is 141 Å². The van der Waals surface area contributed by atoms with Crippen LogP contribution in [0.15, 0.2) is 47.1 Å². The van der Waals surface area contributed by atoms with Crippen molar-refractivity contribution in [1.82, 2.24) is 10.3 Å². The standard InChI is InChI=1S/C16H14BrN3O3/c17-13-7-6-12-16(19-13)20(15(22)10-23-12)9-14(21)18-8-11-4-2-1-3-5-11/h1-7H,8-10H2,(H,18,21). The summed E-state index contributed by atoms with van der Waals surface area (Å²) < 4.78 is 5.90. The minimum atomic E-state index is -0.294. The molecule has 0 saturated heterocycles. The maximum Gasteiger partial charge on any atom is 0.266 e. The molecule has 0 radical (unpaired) electrons. The van der Waals surface area contributed by atoms with Gasteiger partial charge in [0.1, 0.15) is 11.1 Å². The molecule has 0 atom stereocenters. The van der Waals surface area contributed by atoms with E-state index in [1.165, 1.54) is 4.90 Å². The minimum Gasteiger partial charge on any atom is -0.480 e. The molecule has 0 aliphatic carbocycles. The summed E-state index contributed by atoms with van der Waals surface area (Å²) in [5, 5.41) is 2.80. The third kappa shape index (κ3) is 3.68. The van der Waals surface area contributed by atoms with Crippen LogP contribution in [0.1, 0.15) is 5.56 Å². The molecule has 6 nitrogen and oxygen atoms in total. The van der Waals surface area contributed by atoms with Crippen molar-refractivity contribution in [3.05, 3.63) is 52.6 Å². The monoisotopic (exact) mass is 375 g/mol. The molecule has 118 valence electrons. The molecule has 2 aromatic rings. The van der Waals surface area contributed by atoms with Crippen LogP contribution in [0.3, 0.4) is 0 Å². The van der Waals surface area contributed by atoms with Gasteiger partial charge in [0.05, 0.1) is 0 Å². The molecule has 3 rings (SSSR count). The van der Waals surface area contributed by atoms with Crippen LogP contribution in [0.2, 0.25) is 0 Å². The number of carbonyl (C=O) groups excluding carboxylic acids is 2. The van der Waals surface area contributed by atoms with Gasteiger partial charge in [-0.15, -0.1) is 0 Å². The molecule has 1 aromatic heterocycles. The molecule has 0 fully saturated rings. The van der Waals surface area contributed by atoms with Crippen molar-refractivity contribution in [3.8, 4) is 5.75 Å². The molecule has 0 spiro atoms. The van der Waals surface area contributed by atoms with Crippen LogP contribution in [0.25, 0.3) is 0 Å². The summed E-state index contributed by atoms with van der Waals surface area (Å²) >= 11 is 3.26. The lowest BCUT2D eigenvalue weighted by molar-refractivity contribution is -0.125. The Hall–Kier alpha value is -2.41. The van der Waals surface area contributed by atoms with Gasteiger partial charge < -0.3 is 10.1 Å². The molecular weight excluding hydrogens is 362 g/mol. The van der Waals surface area contributed by atoms with Gasteiger partial charge in [-0.1, -0.05) is 30.3 Å². The average molecular weight is 376 g/mol. The molecular formula is C16H14BrN3O3. The van der Waals surface area contributed by atoms with E-state index in [2.05, 4.69) is 26.2 Å². The number of benzene rings is 1. The Morgan fingerprint density at radius 2 is 2.04 bits per heavy atom. The summed E-state index contributed by atoms with van der Waals surface area (Å²) in [4.78, 5) is 29.8. The summed E-state index contributed by atoms with van der Waals surface area (Å²) in [5.74, 6) is 0.295. The molecule has 1 aromatic carbocycles. The van der Waals surface area contributed by atoms with Crippen molar-refractivity contribution >= 4 is 33.6 Å². The van der Waals surface area contributed by atoms with Gasteiger partial charge in [-0.3, -0.25) is 14.5 Å².